The lowest BCUT2D eigenvalue weighted by Gasteiger charge is -2.29. The van der Waals surface area contributed by atoms with Crippen molar-refractivity contribution in [2.45, 2.75) is 60.2 Å². The maximum absolute atomic E-state index is 11.1. The zero-order valence-corrected chi connectivity index (χ0v) is 13.8. The number of hydrogen-bond acceptors (Lipinski definition) is 7. The van der Waals surface area contributed by atoms with Crippen molar-refractivity contribution in [2.75, 3.05) is 0 Å². The predicted molar refractivity (Wildman–Crippen MR) is 79.4 cm³/mol. The monoisotopic (exact) mass is 323 g/mol. The minimum absolute atomic E-state index is 0.0112. The first-order valence-corrected chi connectivity index (χ1v) is 7.48. The molecule has 7 heteroatoms. The number of fused-ring (bicyclic) bond motifs is 1. The predicted octanol–water partition coefficient (Wildman–Crippen LogP) is 2.16. The van der Waals surface area contributed by atoms with E-state index in [-0.39, 0.29) is 19.5 Å². The Hall–Kier alpha value is -2.15. The van der Waals surface area contributed by atoms with Crippen molar-refractivity contribution in [1.82, 2.24) is 4.98 Å². The zero-order chi connectivity index (χ0) is 17.0. The smallest absolute Gasteiger partial charge is 0.303 e. The highest BCUT2D eigenvalue weighted by Gasteiger charge is 2.27. The minimum Gasteiger partial charge on any atom is -0.463 e. The Morgan fingerprint density at radius 3 is 2.48 bits per heavy atom. The summed E-state index contributed by atoms with van der Waals surface area (Å²) < 4.78 is 21.6. The molecule has 0 bridgehead atoms. The Bertz CT molecular complexity index is 613. The third kappa shape index (κ3) is 4.19. The fourth-order valence-electron chi connectivity index (χ4n) is 2.34. The molecule has 1 aromatic rings. The molecule has 0 saturated heterocycles. The summed E-state index contributed by atoms with van der Waals surface area (Å²) in [7, 11) is 0. The summed E-state index contributed by atoms with van der Waals surface area (Å²) in [6.07, 6.45) is 0.400. The Balaban J connectivity index is 2.39. The minimum atomic E-state index is -0.404. The van der Waals surface area contributed by atoms with E-state index < -0.39 is 11.9 Å². The highest BCUT2D eigenvalue weighted by atomic mass is 16.7. The first-order chi connectivity index (χ1) is 10.9. The van der Waals surface area contributed by atoms with Gasteiger partial charge in [0.15, 0.2) is 6.29 Å². The number of ether oxygens (including phenoxy) is 4. The van der Waals surface area contributed by atoms with Gasteiger partial charge in [0.05, 0.1) is 18.0 Å². The van der Waals surface area contributed by atoms with E-state index in [0.29, 0.717) is 35.7 Å². The number of pyridine rings is 1. The van der Waals surface area contributed by atoms with Crippen LogP contribution in [0.25, 0.3) is 0 Å². The SMILES string of the molecule is CCC1OCc2c(COC(C)=O)c(COC(C)=O)nc(C)c2O1. The lowest BCUT2D eigenvalue weighted by molar-refractivity contribution is -0.144. The molecule has 2 rings (SSSR count). The molecule has 1 aliphatic heterocycles. The molecule has 2 heterocycles. The molecule has 1 unspecified atom stereocenters. The molecule has 0 N–H and O–H groups in total. The molecule has 0 radical (unpaired) electrons. The van der Waals surface area contributed by atoms with Crippen LogP contribution in [0.2, 0.25) is 0 Å². The van der Waals surface area contributed by atoms with E-state index >= 15 is 0 Å². The van der Waals surface area contributed by atoms with Crippen molar-refractivity contribution in [1.29, 1.82) is 0 Å². The number of hydrogen-bond donors (Lipinski definition) is 0. The third-order valence-corrected chi connectivity index (χ3v) is 3.45. The molecule has 0 saturated carbocycles. The Morgan fingerprint density at radius 1 is 1.22 bits per heavy atom. The van der Waals surface area contributed by atoms with Crippen LogP contribution < -0.4 is 4.74 Å². The number of carbonyl (C=O) groups is 2. The van der Waals surface area contributed by atoms with Gasteiger partial charge in [-0.25, -0.2) is 0 Å². The molecule has 0 aliphatic carbocycles. The van der Waals surface area contributed by atoms with Gasteiger partial charge < -0.3 is 18.9 Å². The molecule has 0 aromatic carbocycles. The fraction of sp³-hybridized carbons (Fsp3) is 0.562. The van der Waals surface area contributed by atoms with Gasteiger partial charge in [0.1, 0.15) is 19.0 Å². The molecule has 126 valence electrons. The van der Waals surface area contributed by atoms with Crippen molar-refractivity contribution < 1.29 is 28.5 Å². The lowest BCUT2D eigenvalue weighted by Crippen LogP contribution is -2.27. The van der Waals surface area contributed by atoms with Gasteiger partial charge in [-0.2, -0.15) is 0 Å². The van der Waals surface area contributed by atoms with Crippen LogP contribution in [0.3, 0.4) is 0 Å². The topological polar surface area (TPSA) is 84.0 Å². The molecular formula is C16H21NO6. The summed E-state index contributed by atoms with van der Waals surface area (Å²) in [6.45, 7) is 6.83. The number of esters is 2. The van der Waals surface area contributed by atoms with Gasteiger partial charge in [-0.15, -0.1) is 0 Å². The Kier molecular flexibility index (Phi) is 5.54. The highest BCUT2D eigenvalue weighted by molar-refractivity contribution is 5.66. The van der Waals surface area contributed by atoms with Crippen LogP contribution in [-0.2, 0) is 43.6 Å². The number of nitrogens with zero attached hydrogens (tertiary/aromatic N) is 1. The molecule has 7 nitrogen and oxygen atoms in total. The lowest BCUT2D eigenvalue weighted by atomic mass is 10.0. The van der Waals surface area contributed by atoms with Gasteiger partial charge in [-0.3, -0.25) is 14.6 Å². The average molecular weight is 323 g/mol. The molecule has 1 aromatic heterocycles. The van der Waals surface area contributed by atoms with Crippen LogP contribution in [0.15, 0.2) is 0 Å². The van der Waals surface area contributed by atoms with Crippen molar-refractivity contribution in [3.63, 3.8) is 0 Å². The van der Waals surface area contributed by atoms with Crippen LogP contribution in [0.4, 0.5) is 0 Å². The second-order valence-corrected chi connectivity index (χ2v) is 5.26. The largest absolute Gasteiger partial charge is 0.463 e. The quantitative estimate of drug-likeness (QED) is 0.768. The van der Waals surface area contributed by atoms with Crippen LogP contribution in [0.5, 0.6) is 5.75 Å². The van der Waals surface area contributed by atoms with Gasteiger partial charge in [-0.1, -0.05) is 6.92 Å². The van der Waals surface area contributed by atoms with Gasteiger partial charge >= 0.3 is 11.9 Å². The van der Waals surface area contributed by atoms with Crippen LogP contribution in [-0.4, -0.2) is 23.2 Å². The van der Waals surface area contributed by atoms with E-state index in [2.05, 4.69) is 4.98 Å². The summed E-state index contributed by atoms with van der Waals surface area (Å²) in [5.41, 5.74) is 2.68. The van der Waals surface area contributed by atoms with Crippen LogP contribution in [0, 0.1) is 6.92 Å². The Labute approximate surface area is 134 Å². The molecule has 0 spiro atoms. The molecule has 23 heavy (non-hydrogen) atoms. The summed E-state index contributed by atoms with van der Waals surface area (Å²) in [5.74, 6) is -0.155. The van der Waals surface area contributed by atoms with Crippen LogP contribution >= 0.6 is 0 Å². The van der Waals surface area contributed by atoms with Crippen molar-refractivity contribution in [2.24, 2.45) is 0 Å². The van der Waals surface area contributed by atoms with E-state index in [1.54, 1.807) is 0 Å². The van der Waals surface area contributed by atoms with Crippen molar-refractivity contribution >= 4 is 11.9 Å². The maximum atomic E-state index is 11.1. The molecular weight excluding hydrogens is 302 g/mol. The second-order valence-electron chi connectivity index (χ2n) is 5.26. The molecule has 1 aliphatic rings. The fourth-order valence-corrected chi connectivity index (χ4v) is 2.34. The van der Waals surface area contributed by atoms with Crippen molar-refractivity contribution in [3.8, 4) is 5.75 Å². The third-order valence-electron chi connectivity index (χ3n) is 3.45. The first-order valence-electron chi connectivity index (χ1n) is 7.48. The Morgan fingerprint density at radius 2 is 1.87 bits per heavy atom. The van der Waals surface area contributed by atoms with E-state index in [4.69, 9.17) is 18.9 Å². The van der Waals surface area contributed by atoms with Gasteiger partial charge in [0.25, 0.3) is 0 Å². The number of aromatic nitrogens is 1. The standard InChI is InChI=1S/C16H21NO6/c1-5-15-22-7-13-12(6-20-10(3)18)14(8-21-11(4)19)17-9(2)16(13)23-15/h15H,5-8H2,1-4H3. The number of carbonyl (C=O) groups excluding carboxylic acids is 2. The maximum Gasteiger partial charge on any atom is 0.303 e. The van der Waals surface area contributed by atoms with E-state index in [9.17, 15) is 9.59 Å². The summed E-state index contributed by atoms with van der Waals surface area (Å²) >= 11 is 0. The van der Waals surface area contributed by atoms with Crippen molar-refractivity contribution in [3.05, 3.63) is 22.5 Å². The van der Waals surface area contributed by atoms with Gasteiger partial charge in [0, 0.05) is 31.4 Å². The summed E-state index contributed by atoms with van der Waals surface area (Å²) in [5, 5.41) is 0. The van der Waals surface area contributed by atoms with E-state index in [0.717, 1.165) is 5.56 Å². The summed E-state index contributed by atoms with van der Waals surface area (Å²) in [4.78, 5) is 26.7. The molecule has 0 fully saturated rings. The van der Waals surface area contributed by atoms with Crippen LogP contribution in [0.1, 0.15) is 49.7 Å². The van der Waals surface area contributed by atoms with E-state index in [1.807, 2.05) is 13.8 Å². The van der Waals surface area contributed by atoms with Gasteiger partial charge in [-0.05, 0) is 6.92 Å². The number of rotatable bonds is 5. The normalized spacial score (nSPS) is 16.3. The zero-order valence-electron chi connectivity index (χ0n) is 13.8. The molecule has 0 amide bonds. The summed E-state index contributed by atoms with van der Waals surface area (Å²) in [6, 6.07) is 0. The van der Waals surface area contributed by atoms with E-state index in [1.165, 1.54) is 13.8 Å². The highest BCUT2D eigenvalue weighted by Crippen LogP contribution is 2.34. The average Bonchev–Trinajstić information content (AvgIpc) is 2.51. The first kappa shape index (κ1) is 17.2. The second kappa shape index (κ2) is 7.41. The molecule has 1 atom stereocenters. The number of aryl methyl sites for hydroxylation is 1. The van der Waals surface area contributed by atoms with Gasteiger partial charge in [0.2, 0.25) is 0 Å².